The maximum atomic E-state index is 5.08. The summed E-state index contributed by atoms with van der Waals surface area (Å²) in [5, 5.41) is 5.18. The van der Waals surface area contributed by atoms with Gasteiger partial charge in [0, 0.05) is 21.3 Å². The highest BCUT2D eigenvalue weighted by molar-refractivity contribution is 9.10. The molecule has 1 rings (SSSR count). The van der Waals surface area contributed by atoms with Gasteiger partial charge in [-0.25, -0.2) is 5.43 Å². The topological polar surface area (TPSA) is 50.1 Å². The van der Waals surface area contributed by atoms with E-state index in [0.717, 1.165) is 11.0 Å². The molecule has 3 nitrogen and oxygen atoms in total. The van der Waals surface area contributed by atoms with Crippen LogP contribution in [0.1, 0.15) is 4.88 Å². The largest absolute Gasteiger partial charge is 0.299 e. The van der Waals surface area contributed by atoms with Crippen LogP contribution in [-0.2, 0) is 6.54 Å². The van der Waals surface area contributed by atoms with Crippen molar-refractivity contribution in [2.24, 2.45) is 5.84 Å². The molecular weight excluding hydrogens is 226 g/mol. The normalized spacial score (nSPS) is 10.4. The predicted molar refractivity (Wildman–Crippen MR) is 51.0 cm³/mol. The van der Waals surface area contributed by atoms with Crippen LogP contribution >= 0.6 is 27.3 Å². The Balaban J connectivity index is 2.27. The Morgan fingerprint density at radius 3 is 3.00 bits per heavy atom. The Morgan fingerprint density at radius 2 is 2.45 bits per heavy atom. The fourth-order valence-electron chi connectivity index (χ4n) is 0.704. The molecule has 0 fully saturated rings. The molecule has 4 N–H and O–H groups in total. The predicted octanol–water partition coefficient (Wildman–Crippen LogP) is 1.02. The van der Waals surface area contributed by atoms with Crippen molar-refractivity contribution >= 4 is 27.3 Å². The van der Waals surface area contributed by atoms with Crippen molar-refractivity contribution in [1.29, 1.82) is 0 Å². The van der Waals surface area contributed by atoms with Gasteiger partial charge in [0.1, 0.15) is 0 Å². The average molecular weight is 236 g/mol. The number of hydrogen-bond donors (Lipinski definition) is 3. The lowest BCUT2D eigenvalue weighted by Gasteiger charge is -1.99. The van der Waals surface area contributed by atoms with Gasteiger partial charge < -0.3 is 0 Å². The summed E-state index contributed by atoms with van der Waals surface area (Å²) in [6.45, 7) is 1.50. The lowest BCUT2D eigenvalue weighted by molar-refractivity contribution is 0.605. The molecule has 0 amide bonds. The summed E-state index contributed by atoms with van der Waals surface area (Å²) in [5.41, 5.74) is 2.53. The highest BCUT2D eigenvalue weighted by Gasteiger charge is 1.94. The summed E-state index contributed by atoms with van der Waals surface area (Å²) < 4.78 is 1.14. The molecule has 1 aromatic rings. The molecule has 1 heterocycles. The lowest BCUT2D eigenvalue weighted by atomic mass is 10.5. The molecule has 11 heavy (non-hydrogen) atoms. The van der Waals surface area contributed by atoms with E-state index in [1.54, 1.807) is 11.3 Å². The third kappa shape index (κ3) is 3.31. The van der Waals surface area contributed by atoms with Gasteiger partial charge in [-0.05, 0) is 22.0 Å². The van der Waals surface area contributed by atoms with E-state index in [0.29, 0.717) is 6.67 Å². The third-order valence-electron chi connectivity index (χ3n) is 1.15. The van der Waals surface area contributed by atoms with Crippen molar-refractivity contribution in [3.63, 3.8) is 0 Å². The maximum Gasteiger partial charge on any atom is 0.0590 e. The monoisotopic (exact) mass is 235 g/mol. The molecule has 0 aliphatic carbocycles. The SMILES string of the molecule is NNCNCc1cc(Br)cs1. The van der Waals surface area contributed by atoms with Crippen LogP contribution in [0.25, 0.3) is 0 Å². The molecule has 0 unspecified atom stereocenters. The number of nitrogens with two attached hydrogens (primary N) is 1. The van der Waals surface area contributed by atoms with E-state index in [1.165, 1.54) is 4.88 Å². The van der Waals surface area contributed by atoms with Gasteiger partial charge in [-0.2, -0.15) is 0 Å². The second-order valence-corrected chi connectivity index (χ2v) is 3.95. The quantitative estimate of drug-likeness (QED) is 0.316. The highest BCUT2D eigenvalue weighted by Crippen LogP contribution is 2.19. The number of halogens is 1. The van der Waals surface area contributed by atoms with Crippen molar-refractivity contribution < 1.29 is 0 Å². The van der Waals surface area contributed by atoms with Gasteiger partial charge in [0.15, 0.2) is 0 Å². The summed E-state index contributed by atoms with van der Waals surface area (Å²) in [4.78, 5) is 1.30. The number of nitrogens with one attached hydrogen (secondary N) is 2. The second kappa shape index (κ2) is 4.84. The van der Waals surface area contributed by atoms with Crippen molar-refractivity contribution in [2.45, 2.75) is 6.54 Å². The van der Waals surface area contributed by atoms with E-state index in [9.17, 15) is 0 Å². The molecule has 0 aliphatic heterocycles. The molecule has 0 atom stereocenters. The number of hydrogen-bond acceptors (Lipinski definition) is 4. The van der Waals surface area contributed by atoms with Crippen LogP contribution in [0.3, 0.4) is 0 Å². The summed E-state index contributed by atoms with van der Waals surface area (Å²) >= 11 is 5.11. The van der Waals surface area contributed by atoms with Gasteiger partial charge in [0.2, 0.25) is 0 Å². The molecule has 0 saturated heterocycles. The van der Waals surface area contributed by atoms with Gasteiger partial charge in [0.05, 0.1) is 6.67 Å². The van der Waals surface area contributed by atoms with Crippen molar-refractivity contribution in [1.82, 2.24) is 10.7 Å². The van der Waals surface area contributed by atoms with Crippen molar-refractivity contribution in [3.8, 4) is 0 Å². The first-order valence-electron chi connectivity index (χ1n) is 3.20. The van der Waals surface area contributed by atoms with Crippen LogP contribution in [-0.4, -0.2) is 6.67 Å². The number of rotatable bonds is 4. The zero-order chi connectivity index (χ0) is 8.10. The van der Waals surface area contributed by atoms with Gasteiger partial charge in [-0.15, -0.1) is 11.3 Å². The Bertz CT molecular complexity index is 213. The Morgan fingerprint density at radius 1 is 1.64 bits per heavy atom. The minimum absolute atomic E-state index is 0.634. The molecular formula is C6H10BrN3S. The summed E-state index contributed by atoms with van der Waals surface area (Å²) in [7, 11) is 0. The first-order chi connectivity index (χ1) is 5.33. The van der Waals surface area contributed by atoms with Crippen LogP contribution in [0.4, 0.5) is 0 Å². The van der Waals surface area contributed by atoms with Gasteiger partial charge in [-0.3, -0.25) is 11.2 Å². The fourth-order valence-corrected chi connectivity index (χ4v) is 2.13. The fraction of sp³-hybridized carbons (Fsp3) is 0.333. The van der Waals surface area contributed by atoms with Crippen LogP contribution in [0, 0.1) is 0 Å². The number of hydrazine groups is 1. The van der Waals surface area contributed by atoms with Crippen LogP contribution in [0.5, 0.6) is 0 Å². The molecule has 0 aliphatic rings. The van der Waals surface area contributed by atoms with Crippen LogP contribution < -0.4 is 16.6 Å². The van der Waals surface area contributed by atoms with E-state index in [-0.39, 0.29) is 0 Å². The minimum atomic E-state index is 0.634. The lowest BCUT2D eigenvalue weighted by Crippen LogP contribution is -2.33. The smallest absolute Gasteiger partial charge is 0.0590 e. The van der Waals surface area contributed by atoms with E-state index in [4.69, 9.17) is 5.84 Å². The van der Waals surface area contributed by atoms with Gasteiger partial charge in [-0.1, -0.05) is 0 Å². The summed E-state index contributed by atoms with van der Waals surface area (Å²) in [5.74, 6) is 5.08. The first kappa shape index (κ1) is 9.15. The standard InChI is InChI=1S/C6H10BrN3S/c7-5-1-6(11-3-5)2-9-4-10-8/h1,3,9-10H,2,4,8H2. The first-order valence-corrected chi connectivity index (χ1v) is 4.87. The molecule has 0 saturated carbocycles. The van der Waals surface area contributed by atoms with E-state index in [1.807, 2.05) is 0 Å². The Labute approximate surface area is 78.1 Å². The summed E-state index contributed by atoms with van der Waals surface area (Å²) in [6.07, 6.45) is 0. The third-order valence-corrected chi connectivity index (χ3v) is 2.85. The average Bonchev–Trinajstić information content (AvgIpc) is 2.37. The zero-order valence-corrected chi connectivity index (χ0v) is 8.33. The molecule has 0 aromatic carbocycles. The molecule has 0 bridgehead atoms. The second-order valence-electron chi connectivity index (χ2n) is 2.04. The van der Waals surface area contributed by atoms with E-state index < -0.39 is 0 Å². The van der Waals surface area contributed by atoms with Crippen LogP contribution in [0.15, 0.2) is 15.9 Å². The summed E-state index contributed by atoms with van der Waals surface area (Å²) in [6, 6.07) is 2.09. The Hall–Kier alpha value is 0.0600. The highest BCUT2D eigenvalue weighted by atomic mass is 79.9. The maximum absolute atomic E-state index is 5.08. The van der Waals surface area contributed by atoms with E-state index >= 15 is 0 Å². The van der Waals surface area contributed by atoms with E-state index in [2.05, 4.69) is 38.1 Å². The zero-order valence-electron chi connectivity index (χ0n) is 5.93. The minimum Gasteiger partial charge on any atom is -0.299 e. The number of thiophene rings is 1. The molecule has 1 aromatic heterocycles. The van der Waals surface area contributed by atoms with Gasteiger partial charge in [0.25, 0.3) is 0 Å². The molecule has 0 radical (unpaired) electrons. The van der Waals surface area contributed by atoms with Crippen LogP contribution in [0.2, 0.25) is 0 Å². The van der Waals surface area contributed by atoms with Crippen molar-refractivity contribution in [3.05, 3.63) is 20.8 Å². The van der Waals surface area contributed by atoms with Gasteiger partial charge >= 0.3 is 0 Å². The Kier molecular flexibility index (Phi) is 4.03. The van der Waals surface area contributed by atoms with Crippen molar-refractivity contribution in [2.75, 3.05) is 6.67 Å². The molecule has 0 spiro atoms. The molecule has 5 heteroatoms. The molecule has 62 valence electrons.